The third kappa shape index (κ3) is 4.63. The topological polar surface area (TPSA) is 52.6 Å². The van der Waals surface area contributed by atoms with Crippen molar-refractivity contribution >= 4 is 23.4 Å². The van der Waals surface area contributed by atoms with E-state index in [9.17, 15) is 22.8 Å². The molecule has 0 heterocycles. The number of benzene rings is 1. The first kappa shape index (κ1) is 17.3. The Labute approximate surface area is 123 Å². The molecule has 0 saturated heterocycles. The Bertz CT molecular complexity index is 541. The van der Waals surface area contributed by atoms with Crippen molar-refractivity contribution in [2.24, 2.45) is 0 Å². The van der Waals surface area contributed by atoms with Gasteiger partial charge in [-0.05, 0) is 19.9 Å². The molecule has 0 aromatic heterocycles. The van der Waals surface area contributed by atoms with Gasteiger partial charge in [0.2, 0.25) is 0 Å². The second-order valence-electron chi connectivity index (χ2n) is 3.93. The largest absolute Gasteiger partial charge is 0.573 e. The Kier molecular flexibility index (Phi) is 5.60. The average Bonchev–Trinajstić information content (AvgIpc) is 2.35. The minimum Gasteiger partial charge on any atom is -0.462 e. The van der Waals surface area contributed by atoms with Crippen LogP contribution in [0.5, 0.6) is 5.75 Å². The molecule has 0 bridgehead atoms. The molecule has 21 heavy (non-hydrogen) atoms. The van der Waals surface area contributed by atoms with Crippen LogP contribution in [0.15, 0.2) is 18.2 Å². The number of halogens is 4. The first-order valence-electron chi connectivity index (χ1n) is 5.91. The molecule has 1 unspecified atom stereocenters. The molecule has 8 heteroatoms. The van der Waals surface area contributed by atoms with Crippen molar-refractivity contribution < 1.29 is 32.2 Å². The van der Waals surface area contributed by atoms with E-state index in [4.69, 9.17) is 11.6 Å². The van der Waals surface area contributed by atoms with Gasteiger partial charge in [0.1, 0.15) is 11.3 Å². The fraction of sp³-hybridized carbons (Fsp3) is 0.385. The van der Waals surface area contributed by atoms with Gasteiger partial charge < -0.3 is 9.47 Å². The van der Waals surface area contributed by atoms with Crippen LogP contribution >= 0.6 is 11.6 Å². The Morgan fingerprint density at radius 1 is 1.33 bits per heavy atom. The minimum absolute atomic E-state index is 0.0662. The van der Waals surface area contributed by atoms with E-state index in [-0.39, 0.29) is 12.2 Å². The van der Waals surface area contributed by atoms with Gasteiger partial charge in [0.05, 0.1) is 12.0 Å². The number of esters is 1. The van der Waals surface area contributed by atoms with E-state index in [1.807, 2.05) is 0 Å². The SMILES string of the molecule is CCOC(=O)c1c(OC(F)(F)F)cccc1C(=O)C(C)Cl. The van der Waals surface area contributed by atoms with Crippen LogP contribution in [-0.4, -0.2) is 30.1 Å². The third-order valence-corrected chi connectivity index (χ3v) is 2.56. The normalized spacial score (nSPS) is 12.7. The van der Waals surface area contributed by atoms with Gasteiger partial charge in [-0.1, -0.05) is 12.1 Å². The van der Waals surface area contributed by atoms with Crippen LogP contribution in [-0.2, 0) is 4.74 Å². The number of hydrogen-bond donors (Lipinski definition) is 0. The molecule has 0 N–H and O–H groups in total. The average molecular weight is 325 g/mol. The zero-order valence-corrected chi connectivity index (χ0v) is 11.9. The molecule has 0 radical (unpaired) electrons. The zero-order valence-electron chi connectivity index (χ0n) is 11.2. The number of rotatable bonds is 5. The molecule has 0 aliphatic heterocycles. The van der Waals surface area contributed by atoms with Crippen molar-refractivity contribution in [3.8, 4) is 5.75 Å². The first-order chi connectivity index (χ1) is 9.67. The summed E-state index contributed by atoms with van der Waals surface area (Å²) in [6, 6.07) is 3.28. The standard InChI is InChI=1S/C13H12ClF3O4/c1-3-20-12(19)10-8(11(18)7(2)14)5-4-6-9(10)21-13(15,16)17/h4-7H,3H2,1-2H3. The summed E-state index contributed by atoms with van der Waals surface area (Å²) in [7, 11) is 0. The summed E-state index contributed by atoms with van der Waals surface area (Å²) in [4.78, 5) is 23.7. The summed E-state index contributed by atoms with van der Waals surface area (Å²) in [5.74, 6) is -2.59. The van der Waals surface area contributed by atoms with E-state index in [0.29, 0.717) is 0 Å². The Balaban J connectivity index is 3.41. The molecule has 116 valence electrons. The van der Waals surface area contributed by atoms with Crippen molar-refractivity contribution in [2.75, 3.05) is 6.61 Å². The maximum Gasteiger partial charge on any atom is 0.573 e. The zero-order chi connectivity index (χ0) is 16.2. The molecule has 1 aromatic carbocycles. The van der Waals surface area contributed by atoms with Crippen molar-refractivity contribution in [1.29, 1.82) is 0 Å². The molecular weight excluding hydrogens is 313 g/mol. The van der Waals surface area contributed by atoms with Gasteiger partial charge in [-0.15, -0.1) is 24.8 Å². The summed E-state index contributed by atoms with van der Waals surface area (Å²) in [5.41, 5.74) is -0.869. The van der Waals surface area contributed by atoms with Crippen LogP contribution in [0, 0.1) is 0 Å². The van der Waals surface area contributed by atoms with Gasteiger partial charge in [-0.3, -0.25) is 4.79 Å². The highest BCUT2D eigenvalue weighted by atomic mass is 35.5. The lowest BCUT2D eigenvalue weighted by Crippen LogP contribution is -2.22. The van der Waals surface area contributed by atoms with Crippen molar-refractivity contribution in [1.82, 2.24) is 0 Å². The highest BCUT2D eigenvalue weighted by Crippen LogP contribution is 2.30. The summed E-state index contributed by atoms with van der Waals surface area (Å²) in [6.07, 6.45) is -5.00. The first-order valence-corrected chi connectivity index (χ1v) is 6.35. The molecule has 0 aliphatic rings. The van der Waals surface area contributed by atoms with Crippen molar-refractivity contribution in [3.63, 3.8) is 0 Å². The number of carbonyl (C=O) groups is 2. The summed E-state index contributed by atoms with van der Waals surface area (Å²) in [5, 5.41) is -1.01. The minimum atomic E-state index is -5.00. The lowest BCUT2D eigenvalue weighted by Gasteiger charge is -2.15. The van der Waals surface area contributed by atoms with E-state index in [1.165, 1.54) is 19.9 Å². The second-order valence-corrected chi connectivity index (χ2v) is 4.58. The van der Waals surface area contributed by atoms with Crippen LogP contribution in [0.3, 0.4) is 0 Å². The summed E-state index contributed by atoms with van der Waals surface area (Å²) >= 11 is 5.64. The Morgan fingerprint density at radius 2 is 1.95 bits per heavy atom. The Hall–Kier alpha value is -1.76. The maximum atomic E-state index is 12.4. The molecule has 0 saturated carbocycles. The molecule has 1 atom stereocenters. The number of alkyl halides is 4. The monoisotopic (exact) mass is 324 g/mol. The quantitative estimate of drug-likeness (QED) is 0.472. The molecule has 1 aromatic rings. The van der Waals surface area contributed by atoms with Crippen LogP contribution in [0.4, 0.5) is 13.2 Å². The molecule has 0 amide bonds. The number of ether oxygens (including phenoxy) is 2. The fourth-order valence-electron chi connectivity index (χ4n) is 1.57. The predicted molar refractivity (Wildman–Crippen MR) is 68.7 cm³/mol. The van der Waals surface area contributed by atoms with Gasteiger partial charge in [0, 0.05) is 5.56 Å². The number of carbonyl (C=O) groups excluding carboxylic acids is 2. The lowest BCUT2D eigenvalue weighted by atomic mass is 10.0. The number of hydrogen-bond acceptors (Lipinski definition) is 4. The van der Waals surface area contributed by atoms with Crippen LogP contribution in [0.2, 0.25) is 0 Å². The van der Waals surface area contributed by atoms with Crippen molar-refractivity contribution in [2.45, 2.75) is 25.6 Å². The second kappa shape index (κ2) is 6.80. The Morgan fingerprint density at radius 3 is 2.43 bits per heavy atom. The van der Waals surface area contributed by atoms with E-state index >= 15 is 0 Å². The van der Waals surface area contributed by atoms with Crippen LogP contribution in [0.25, 0.3) is 0 Å². The molecule has 0 fully saturated rings. The van der Waals surface area contributed by atoms with Gasteiger partial charge >= 0.3 is 12.3 Å². The summed E-state index contributed by atoms with van der Waals surface area (Å²) < 4.78 is 45.6. The van der Waals surface area contributed by atoms with Gasteiger partial charge in [0.15, 0.2) is 5.78 Å². The molecular formula is C13H12ClF3O4. The van der Waals surface area contributed by atoms with E-state index in [1.54, 1.807) is 0 Å². The third-order valence-electron chi connectivity index (χ3n) is 2.36. The lowest BCUT2D eigenvalue weighted by molar-refractivity contribution is -0.274. The van der Waals surface area contributed by atoms with Gasteiger partial charge in [0.25, 0.3) is 0 Å². The van der Waals surface area contributed by atoms with Crippen LogP contribution < -0.4 is 4.74 Å². The number of Topliss-reactive ketones (excluding diaryl/α,β-unsaturated/α-hetero) is 1. The van der Waals surface area contributed by atoms with Gasteiger partial charge in [-0.2, -0.15) is 0 Å². The highest BCUT2D eigenvalue weighted by molar-refractivity contribution is 6.34. The van der Waals surface area contributed by atoms with E-state index < -0.39 is 34.8 Å². The fourth-order valence-corrected chi connectivity index (χ4v) is 1.69. The molecule has 0 aliphatic carbocycles. The van der Waals surface area contributed by atoms with Gasteiger partial charge in [-0.25, -0.2) is 4.79 Å². The predicted octanol–water partition coefficient (Wildman–Crippen LogP) is 3.57. The highest BCUT2D eigenvalue weighted by Gasteiger charge is 2.35. The van der Waals surface area contributed by atoms with Crippen molar-refractivity contribution in [3.05, 3.63) is 29.3 Å². The number of ketones is 1. The van der Waals surface area contributed by atoms with E-state index in [0.717, 1.165) is 12.1 Å². The maximum absolute atomic E-state index is 12.4. The summed E-state index contributed by atoms with van der Waals surface area (Å²) in [6.45, 7) is 2.76. The van der Waals surface area contributed by atoms with Crippen LogP contribution in [0.1, 0.15) is 34.6 Å². The molecule has 0 spiro atoms. The molecule has 1 rings (SSSR count). The smallest absolute Gasteiger partial charge is 0.462 e. The molecule has 4 nitrogen and oxygen atoms in total. The van der Waals surface area contributed by atoms with E-state index in [2.05, 4.69) is 9.47 Å².